The number of fused-ring (bicyclic) bond motifs is 2. The molecule has 2 fully saturated rings. The van der Waals surface area contributed by atoms with E-state index in [0.717, 1.165) is 30.2 Å². The number of likely N-dealkylation sites (tertiary alicyclic amines) is 1. The largest absolute Gasteiger partial charge is 0.490 e. The highest BCUT2D eigenvalue weighted by Gasteiger charge is 2.45. The van der Waals surface area contributed by atoms with Crippen molar-refractivity contribution in [1.29, 1.82) is 0 Å². The Morgan fingerprint density at radius 1 is 1.07 bits per heavy atom. The van der Waals surface area contributed by atoms with Gasteiger partial charge in [0.05, 0.1) is 0 Å². The van der Waals surface area contributed by atoms with Crippen molar-refractivity contribution in [1.82, 2.24) is 9.88 Å². The lowest BCUT2D eigenvalue weighted by molar-refractivity contribution is 0.0759. The van der Waals surface area contributed by atoms with Crippen molar-refractivity contribution in [3.05, 3.63) is 72.3 Å². The average Bonchev–Trinajstić information content (AvgIpc) is 3.29. The van der Waals surface area contributed by atoms with Crippen LogP contribution >= 0.6 is 0 Å². The molecule has 2 heterocycles. The van der Waals surface area contributed by atoms with Gasteiger partial charge in [0.2, 0.25) is 0 Å². The van der Waals surface area contributed by atoms with Crippen molar-refractivity contribution < 1.29 is 13.9 Å². The normalized spacial score (nSPS) is 23.8. The van der Waals surface area contributed by atoms with Crippen molar-refractivity contribution in [2.45, 2.75) is 18.9 Å². The summed E-state index contributed by atoms with van der Waals surface area (Å²) in [5.41, 5.74) is 0.515. The van der Waals surface area contributed by atoms with Crippen LogP contribution in [0.25, 0.3) is 10.8 Å². The fourth-order valence-electron chi connectivity index (χ4n) is 4.68. The molecule has 1 aliphatic carbocycles. The van der Waals surface area contributed by atoms with Gasteiger partial charge in [0.1, 0.15) is 23.4 Å². The maximum Gasteiger partial charge on any atom is 0.273 e. The molecular weight excluding hydrogens is 355 g/mol. The van der Waals surface area contributed by atoms with Gasteiger partial charge in [-0.3, -0.25) is 9.78 Å². The van der Waals surface area contributed by atoms with Gasteiger partial charge in [0.15, 0.2) is 0 Å². The Bertz CT molecular complexity index is 1030. The summed E-state index contributed by atoms with van der Waals surface area (Å²) < 4.78 is 19.5. The second-order valence-electron chi connectivity index (χ2n) is 7.71. The molecule has 4 nitrogen and oxygen atoms in total. The number of pyridine rings is 1. The quantitative estimate of drug-likeness (QED) is 0.684. The zero-order chi connectivity index (χ0) is 19.1. The van der Waals surface area contributed by atoms with E-state index >= 15 is 0 Å². The number of hydrogen-bond donors (Lipinski definition) is 0. The Hall–Kier alpha value is -2.95. The molecule has 2 aromatic carbocycles. The first-order chi connectivity index (χ1) is 13.7. The first kappa shape index (κ1) is 17.2. The number of aromatic nitrogens is 1. The molecule has 1 saturated heterocycles. The molecule has 28 heavy (non-hydrogen) atoms. The van der Waals surface area contributed by atoms with Crippen LogP contribution in [-0.2, 0) is 0 Å². The Labute approximate surface area is 162 Å². The zero-order valence-electron chi connectivity index (χ0n) is 15.4. The van der Waals surface area contributed by atoms with Gasteiger partial charge in [-0.25, -0.2) is 4.39 Å². The molecule has 5 heteroatoms. The highest BCUT2D eigenvalue weighted by Crippen LogP contribution is 2.40. The summed E-state index contributed by atoms with van der Waals surface area (Å²) in [7, 11) is 0. The third-order valence-corrected chi connectivity index (χ3v) is 6.04. The lowest BCUT2D eigenvalue weighted by Gasteiger charge is -2.22. The molecule has 3 aromatic rings. The van der Waals surface area contributed by atoms with Crippen LogP contribution in [-0.4, -0.2) is 35.0 Å². The summed E-state index contributed by atoms with van der Waals surface area (Å²) in [6, 6.07) is 16.0. The van der Waals surface area contributed by atoms with E-state index < -0.39 is 0 Å². The Balaban J connectivity index is 1.34. The van der Waals surface area contributed by atoms with E-state index in [2.05, 4.69) is 4.98 Å². The minimum absolute atomic E-state index is 0.0179. The Morgan fingerprint density at radius 2 is 1.96 bits per heavy atom. The van der Waals surface area contributed by atoms with Gasteiger partial charge >= 0.3 is 0 Å². The third-order valence-electron chi connectivity index (χ3n) is 6.04. The maximum atomic E-state index is 13.5. The van der Waals surface area contributed by atoms with Gasteiger partial charge in [-0.1, -0.05) is 30.3 Å². The molecule has 0 radical (unpaired) electrons. The van der Waals surface area contributed by atoms with Crippen LogP contribution < -0.4 is 4.74 Å². The van der Waals surface area contributed by atoms with Gasteiger partial charge in [-0.15, -0.1) is 0 Å². The number of amides is 1. The van der Waals surface area contributed by atoms with Gasteiger partial charge < -0.3 is 9.64 Å². The number of benzene rings is 2. The zero-order valence-corrected chi connectivity index (χ0v) is 15.4. The molecule has 0 N–H and O–H groups in total. The highest BCUT2D eigenvalue weighted by atomic mass is 19.1. The summed E-state index contributed by atoms with van der Waals surface area (Å²) in [5.74, 6) is 0.957. The maximum absolute atomic E-state index is 13.5. The van der Waals surface area contributed by atoms with Crippen LogP contribution in [0.3, 0.4) is 0 Å². The number of hydrogen-bond acceptors (Lipinski definition) is 3. The van der Waals surface area contributed by atoms with Gasteiger partial charge in [0.25, 0.3) is 5.91 Å². The van der Waals surface area contributed by atoms with E-state index in [-0.39, 0.29) is 23.7 Å². The molecule has 1 saturated carbocycles. The molecule has 0 spiro atoms. The second-order valence-corrected chi connectivity index (χ2v) is 7.71. The third kappa shape index (κ3) is 3.01. The summed E-state index contributed by atoms with van der Waals surface area (Å²) in [5, 5.41) is 1.91. The van der Waals surface area contributed by atoms with Crippen molar-refractivity contribution >= 4 is 16.7 Å². The van der Waals surface area contributed by atoms with Crippen molar-refractivity contribution in [2.24, 2.45) is 11.8 Å². The van der Waals surface area contributed by atoms with Crippen molar-refractivity contribution in [3.8, 4) is 5.75 Å². The first-order valence-electron chi connectivity index (χ1n) is 9.74. The standard InChI is InChI=1S/C23H21FN2O2/c24-17-5-3-6-18(12-17)28-21-9-8-16-13-26(14-20(16)21)23(27)22-19-7-2-1-4-15(19)10-11-25-22/h1-7,10-12,16,20-21H,8-9,13-14H2/t16-,20+,21-/m0/s1. The molecular formula is C23H21FN2O2. The molecule has 1 amide bonds. The van der Waals surface area contributed by atoms with Crippen LogP contribution in [0, 0.1) is 17.7 Å². The van der Waals surface area contributed by atoms with Crippen LogP contribution in [0.1, 0.15) is 23.3 Å². The van der Waals surface area contributed by atoms with Crippen molar-refractivity contribution in [2.75, 3.05) is 13.1 Å². The minimum Gasteiger partial charge on any atom is -0.490 e. The predicted molar refractivity (Wildman–Crippen MR) is 105 cm³/mol. The molecule has 5 rings (SSSR count). The number of halogens is 1. The molecule has 142 valence electrons. The van der Waals surface area contributed by atoms with E-state index in [1.165, 1.54) is 12.1 Å². The summed E-state index contributed by atoms with van der Waals surface area (Å²) >= 11 is 0. The number of ether oxygens (including phenoxy) is 1. The van der Waals surface area contributed by atoms with E-state index in [9.17, 15) is 9.18 Å². The number of nitrogens with zero attached hydrogens (tertiary/aromatic N) is 2. The topological polar surface area (TPSA) is 42.4 Å². The Morgan fingerprint density at radius 3 is 2.86 bits per heavy atom. The minimum atomic E-state index is -0.294. The van der Waals surface area contributed by atoms with E-state index in [0.29, 0.717) is 23.9 Å². The summed E-state index contributed by atoms with van der Waals surface area (Å²) in [4.78, 5) is 19.5. The number of carbonyl (C=O) groups excluding carboxylic acids is 1. The highest BCUT2D eigenvalue weighted by molar-refractivity contribution is 6.05. The first-order valence-corrected chi connectivity index (χ1v) is 9.74. The number of carbonyl (C=O) groups is 1. The predicted octanol–water partition coefficient (Wildman–Crippen LogP) is 4.30. The molecule has 2 aliphatic rings. The smallest absolute Gasteiger partial charge is 0.273 e. The van der Waals surface area contributed by atoms with Gasteiger partial charge in [-0.2, -0.15) is 0 Å². The summed E-state index contributed by atoms with van der Waals surface area (Å²) in [6.45, 7) is 1.39. The van der Waals surface area contributed by atoms with Crippen LogP contribution in [0.5, 0.6) is 5.75 Å². The molecule has 1 aromatic heterocycles. The second kappa shape index (κ2) is 6.89. The van der Waals surface area contributed by atoms with E-state index in [1.807, 2.05) is 35.2 Å². The lowest BCUT2D eigenvalue weighted by atomic mass is 9.99. The SMILES string of the molecule is O=C(c1nccc2ccccc12)N1C[C@@H]2CC[C@H](Oc3cccc(F)c3)[C@@H]2C1. The Kier molecular flexibility index (Phi) is 4.23. The fourth-order valence-corrected chi connectivity index (χ4v) is 4.68. The molecule has 3 atom stereocenters. The number of rotatable bonds is 3. The summed E-state index contributed by atoms with van der Waals surface area (Å²) in [6.07, 6.45) is 3.69. The van der Waals surface area contributed by atoms with E-state index in [1.54, 1.807) is 18.3 Å². The monoisotopic (exact) mass is 376 g/mol. The van der Waals surface area contributed by atoms with Crippen LogP contribution in [0.15, 0.2) is 60.8 Å². The van der Waals surface area contributed by atoms with Gasteiger partial charge in [-0.05, 0) is 42.3 Å². The fraction of sp³-hybridized carbons (Fsp3) is 0.304. The molecule has 1 aliphatic heterocycles. The molecule has 0 bridgehead atoms. The van der Waals surface area contributed by atoms with E-state index in [4.69, 9.17) is 4.74 Å². The van der Waals surface area contributed by atoms with Crippen molar-refractivity contribution in [3.63, 3.8) is 0 Å². The lowest BCUT2D eigenvalue weighted by Crippen LogP contribution is -2.33. The van der Waals surface area contributed by atoms with Crippen LogP contribution in [0.2, 0.25) is 0 Å². The average molecular weight is 376 g/mol. The molecule has 0 unspecified atom stereocenters. The van der Waals surface area contributed by atoms with Crippen LogP contribution in [0.4, 0.5) is 4.39 Å². The van der Waals surface area contributed by atoms with Gasteiger partial charge in [0, 0.05) is 36.7 Å².